The van der Waals surface area contributed by atoms with Gasteiger partial charge in [0, 0.05) is 50.9 Å². The fraction of sp³-hybridized carbons (Fsp3) is 0.458. The van der Waals surface area contributed by atoms with Gasteiger partial charge in [-0.05, 0) is 42.7 Å². The first kappa shape index (κ1) is 22.7. The van der Waals surface area contributed by atoms with E-state index < -0.39 is 0 Å². The molecule has 1 aliphatic heterocycles. The largest absolute Gasteiger partial charge is 0.348 e. The first-order valence-electron chi connectivity index (χ1n) is 10.6. The topological polar surface area (TPSA) is 35.6 Å². The van der Waals surface area contributed by atoms with Gasteiger partial charge in [0.05, 0.1) is 5.02 Å². The maximum atomic E-state index is 13.3. The van der Waals surface area contributed by atoms with Gasteiger partial charge in [-0.2, -0.15) is 0 Å². The SMILES string of the molecule is Cc1ccc(C(=O)N[C@@H](CN2CCN(Cc3ccc(F)c(Cl)c3)CC2)C(C)C)cc1. The molecule has 1 heterocycles. The highest BCUT2D eigenvalue weighted by molar-refractivity contribution is 6.30. The van der Waals surface area contributed by atoms with Gasteiger partial charge in [0.15, 0.2) is 0 Å². The molecule has 0 spiro atoms. The highest BCUT2D eigenvalue weighted by Gasteiger charge is 2.23. The molecule has 0 radical (unpaired) electrons. The molecule has 1 saturated heterocycles. The zero-order valence-electron chi connectivity index (χ0n) is 18.0. The summed E-state index contributed by atoms with van der Waals surface area (Å²) in [4.78, 5) is 17.4. The van der Waals surface area contributed by atoms with Crippen molar-refractivity contribution in [3.63, 3.8) is 0 Å². The highest BCUT2D eigenvalue weighted by atomic mass is 35.5. The number of nitrogens with zero attached hydrogens (tertiary/aromatic N) is 2. The van der Waals surface area contributed by atoms with Crippen molar-refractivity contribution < 1.29 is 9.18 Å². The second kappa shape index (κ2) is 10.4. The molecule has 0 unspecified atom stereocenters. The Kier molecular flexibility index (Phi) is 7.87. The van der Waals surface area contributed by atoms with Gasteiger partial charge in [-0.1, -0.05) is 49.2 Å². The summed E-state index contributed by atoms with van der Waals surface area (Å²) in [6.07, 6.45) is 0. The molecule has 2 aromatic rings. The number of hydrogen-bond acceptors (Lipinski definition) is 3. The molecule has 1 N–H and O–H groups in total. The molecule has 162 valence electrons. The van der Waals surface area contributed by atoms with E-state index in [2.05, 4.69) is 29.0 Å². The number of piperazine rings is 1. The smallest absolute Gasteiger partial charge is 0.251 e. The molecular formula is C24H31ClFN3O. The van der Waals surface area contributed by atoms with Gasteiger partial charge in [-0.3, -0.25) is 14.6 Å². The Balaban J connectivity index is 1.50. The summed E-state index contributed by atoms with van der Waals surface area (Å²) in [7, 11) is 0. The fourth-order valence-electron chi connectivity index (χ4n) is 3.68. The summed E-state index contributed by atoms with van der Waals surface area (Å²) in [6.45, 7) is 11.7. The van der Waals surface area contributed by atoms with Gasteiger partial charge in [0.25, 0.3) is 5.91 Å². The Morgan fingerprint density at radius 1 is 1.07 bits per heavy atom. The zero-order valence-corrected chi connectivity index (χ0v) is 18.8. The molecule has 1 fully saturated rings. The summed E-state index contributed by atoms with van der Waals surface area (Å²) < 4.78 is 13.3. The predicted octanol–water partition coefficient (Wildman–Crippen LogP) is 4.36. The van der Waals surface area contributed by atoms with Crippen molar-refractivity contribution in [1.29, 1.82) is 0 Å². The molecule has 0 saturated carbocycles. The minimum Gasteiger partial charge on any atom is -0.348 e. The summed E-state index contributed by atoms with van der Waals surface area (Å²) >= 11 is 5.90. The van der Waals surface area contributed by atoms with Crippen LogP contribution in [-0.2, 0) is 6.54 Å². The van der Waals surface area contributed by atoms with E-state index in [1.165, 1.54) is 6.07 Å². The molecule has 6 heteroatoms. The van der Waals surface area contributed by atoms with Gasteiger partial charge >= 0.3 is 0 Å². The van der Waals surface area contributed by atoms with Crippen LogP contribution in [0.4, 0.5) is 4.39 Å². The van der Waals surface area contributed by atoms with E-state index in [-0.39, 0.29) is 22.8 Å². The number of carbonyl (C=O) groups is 1. The van der Waals surface area contributed by atoms with Gasteiger partial charge in [0.1, 0.15) is 5.82 Å². The van der Waals surface area contributed by atoms with Crippen LogP contribution in [0.5, 0.6) is 0 Å². The molecule has 1 amide bonds. The standard InChI is InChI=1S/C24H31ClFN3O/c1-17(2)23(27-24(30)20-7-4-18(3)5-8-20)16-29-12-10-28(11-13-29)15-19-6-9-22(26)21(25)14-19/h4-9,14,17,23H,10-13,15-16H2,1-3H3,(H,27,30)/t23-/m0/s1. The molecule has 0 aromatic heterocycles. The van der Waals surface area contributed by atoms with Gasteiger partial charge < -0.3 is 5.32 Å². The highest BCUT2D eigenvalue weighted by Crippen LogP contribution is 2.18. The van der Waals surface area contributed by atoms with Crippen LogP contribution in [0.25, 0.3) is 0 Å². The van der Waals surface area contributed by atoms with Crippen LogP contribution in [-0.4, -0.2) is 54.5 Å². The van der Waals surface area contributed by atoms with E-state index >= 15 is 0 Å². The molecule has 30 heavy (non-hydrogen) atoms. The molecule has 1 atom stereocenters. The number of halogens is 2. The van der Waals surface area contributed by atoms with Crippen molar-refractivity contribution in [3.05, 3.63) is 70.0 Å². The van der Waals surface area contributed by atoms with Crippen molar-refractivity contribution in [2.24, 2.45) is 5.92 Å². The van der Waals surface area contributed by atoms with E-state index in [0.29, 0.717) is 11.5 Å². The lowest BCUT2D eigenvalue weighted by Gasteiger charge is -2.37. The Hall–Kier alpha value is -1.95. The van der Waals surface area contributed by atoms with Crippen LogP contribution >= 0.6 is 11.6 Å². The second-order valence-corrected chi connectivity index (χ2v) is 8.92. The maximum Gasteiger partial charge on any atom is 0.251 e. The summed E-state index contributed by atoms with van der Waals surface area (Å²) in [5.74, 6) is -0.0445. The lowest BCUT2D eigenvalue weighted by atomic mass is 10.0. The first-order valence-corrected chi connectivity index (χ1v) is 11.0. The third kappa shape index (κ3) is 6.27. The molecule has 0 bridgehead atoms. The summed E-state index contributed by atoms with van der Waals surface area (Å²) in [5, 5.41) is 3.39. The van der Waals surface area contributed by atoms with E-state index in [9.17, 15) is 9.18 Å². The lowest BCUT2D eigenvalue weighted by Crippen LogP contribution is -2.52. The molecule has 4 nitrogen and oxygen atoms in total. The average Bonchev–Trinajstić information content (AvgIpc) is 2.72. The number of hydrogen-bond donors (Lipinski definition) is 1. The average molecular weight is 432 g/mol. The van der Waals surface area contributed by atoms with Crippen molar-refractivity contribution in [1.82, 2.24) is 15.1 Å². The minimum absolute atomic E-state index is 0.0134. The number of benzene rings is 2. The molecular weight excluding hydrogens is 401 g/mol. The van der Waals surface area contributed by atoms with Crippen molar-refractivity contribution in [3.8, 4) is 0 Å². The molecule has 0 aliphatic carbocycles. The quantitative estimate of drug-likeness (QED) is 0.707. The Morgan fingerprint density at radius 2 is 1.70 bits per heavy atom. The Morgan fingerprint density at radius 3 is 2.30 bits per heavy atom. The van der Waals surface area contributed by atoms with Crippen molar-refractivity contribution >= 4 is 17.5 Å². The fourth-order valence-corrected chi connectivity index (χ4v) is 3.89. The third-order valence-corrected chi connectivity index (χ3v) is 6.03. The number of rotatable bonds is 7. The minimum atomic E-state index is -0.377. The van der Waals surface area contributed by atoms with E-state index in [4.69, 9.17) is 11.6 Å². The van der Waals surface area contributed by atoms with Crippen LogP contribution in [0.15, 0.2) is 42.5 Å². The molecule has 1 aliphatic rings. The summed E-state index contributed by atoms with van der Waals surface area (Å²) in [6, 6.07) is 12.7. The van der Waals surface area contributed by atoms with Gasteiger partial charge in [0.2, 0.25) is 0 Å². The van der Waals surface area contributed by atoms with Crippen LogP contribution in [0, 0.1) is 18.7 Å². The number of nitrogens with one attached hydrogen (secondary N) is 1. The number of carbonyl (C=O) groups excluding carboxylic acids is 1. The normalized spacial score (nSPS) is 16.6. The van der Waals surface area contributed by atoms with Crippen LogP contribution in [0.2, 0.25) is 5.02 Å². The van der Waals surface area contributed by atoms with Crippen LogP contribution in [0.1, 0.15) is 35.3 Å². The molecule has 3 rings (SSSR count). The number of aryl methyl sites for hydroxylation is 1. The number of amides is 1. The monoisotopic (exact) mass is 431 g/mol. The van der Waals surface area contributed by atoms with Gasteiger partial charge in [-0.15, -0.1) is 0 Å². The van der Waals surface area contributed by atoms with Crippen LogP contribution in [0.3, 0.4) is 0 Å². The maximum absolute atomic E-state index is 13.3. The second-order valence-electron chi connectivity index (χ2n) is 8.52. The van der Waals surface area contributed by atoms with Crippen LogP contribution < -0.4 is 5.32 Å². The Bertz CT molecular complexity index is 848. The third-order valence-electron chi connectivity index (χ3n) is 5.74. The first-order chi connectivity index (χ1) is 14.3. The summed E-state index contributed by atoms with van der Waals surface area (Å²) in [5.41, 5.74) is 2.88. The van der Waals surface area contributed by atoms with Gasteiger partial charge in [-0.25, -0.2) is 4.39 Å². The van der Waals surface area contributed by atoms with E-state index in [1.807, 2.05) is 31.2 Å². The van der Waals surface area contributed by atoms with Crippen molar-refractivity contribution in [2.45, 2.75) is 33.4 Å². The van der Waals surface area contributed by atoms with E-state index in [1.54, 1.807) is 12.1 Å². The van der Waals surface area contributed by atoms with E-state index in [0.717, 1.165) is 50.4 Å². The molecule has 2 aromatic carbocycles. The van der Waals surface area contributed by atoms with Crippen molar-refractivity contribution in [2.75, 3.05) is 32.7 Å². The zero-order chi connectivity index (χ0) is 21.7. The lowest BCUT2D eigenvalue weighted by molar-refractivity contribution is 0.0862. The predicted molar refractivity (Wildman–Crippen MR) is 120 cm³/mol. The Labute approximate surface area is 184 Å².